The van der Waals surface area contributed by atoms with Gasteiger partial charge in [0.25, 0.3) is 17.5 Å². The Morgan fingerprint density at radius 1 is 1.08 bits per heavy atom. The van der Waals surface area contributed by atoms with Crippen molar-refractivity contribution in [3.63, 3.8) is 0 Å². The molecule has 11 nitrogen and oxygen atoms in total. The van der Waals surface area contributed by atoms with Crippen LogP contribution in [0.3, 0.4) is 0 Å². The first-order chi connectivity index (χ1) is 17.8. The Hall–Kier alpha value is -4.15. The Kier molecular flexibility index (Phi) is 7.30. The minimum absolute atomic E-state index is 0.174. The lowest BCUT2D eigenvalue weighted by molar-refractivity contribution is -0.385. The average molecular weight is 525 g/mol. The number of rotatable bonds is 7. The van der Waals surface area contributed by atoms with Gasteiger partial charge in [0.1, 0.15) is 17.4 Å². The SMILES string of the molecule is Cc1ccc(C(=O)NC2CC2)cc1NC(=O)c1cc(O[C@H]2CCN(C(=O)O)C2C(C)(C)C)ccc1[N+](=O)[O-]. The van der Waals surface area contributed by atoms with Gasteiger partial charge in [0.2, 0.25) is 0 Å². The van der Waals surface area contributed by atoms with Crippen LogP contribution in [0.4, 0.5) is 16.2 Å². The van der Waals surface area contributed by atoms with Gasteiger partial charge in [-0.15, -0.1) is 0 Å². The van der Waals surface area contributed by atoms with Gasteiger partial charge in [0.05, 0.1) is 11.0 Å². The van der Waals surface area contributed by atoms with Crippen LogP contribution >= 0.6 is 0 Å². The first kappa shape index (κ1) is 26.9. The minimum atomic E-state index is -1.04. The topological polar surface area (TPSA) is 151 Å². The van der Waals surface area contributed by atoms with Crippen LogP contribution in [0.1, 0.15) is 66.3 Å². The summed E-state index contributed by atoms with van der Waals surface area (Å²) in [7, 11) is 0. The smallest absolute Gasteiger partial charge is 0.407 e. The Balaban J connectivity index is 1.59. The highest BCUT2D eigenvalue weighted by atomic mass is 16.6. The van der Waals surface area contributed by atoms with Gasteiger partial charge in [-0.1, -0.05) is 26.8 Å². The maximum atomic E-state index is 13.3. The van der Waals surface area contributed by atoms with Gasteiger partial charge in [-0.2, -0.15) is 0 Å². The van der Waals surface area contributed by atoms with Crippen LogP contribution < -0.4 is 15.4 Å². The molecule has 1 saturated carbocycles. The Morgan fingerprint density at radius 2 is 1.79 bits per heavy atom. The zero-order valence-electron chi connectivity index (χ0n) is 21.8. The number of carboxylic acid groups (broad SMARTS) is 1. The van der Waals surface area contributed by atoms with Crippen molar-refractivity contribution in [3.05, 3.63) is 63.2 Å². The quantitative estimate of drug-likeness (QED) is 0.354. The van der Waals surface area contributed by atoms with E-state index in [2.05, 4.69) is 10.6 Å². The molecule has 3 N–H and O–H groups in total. The molecule has 2 atom stereocenters. The zero-order chi connectivity index (χ0) is 27.8. The third-order valence-corrected chi connectivity index (χ3v) is 6.83. The molecule has 0 aromatic heterocycles. The molecular formula is C27H32N4O7. The number of anilines is 1. The molecular weight excluding hydrogens is 492 g/mol. The van der Waals surface area contributed by atoms with Crippen molar-refractivity contribution in [1.82, 2.24) is 10.2 Å². The summed E-state index contributed by atoms with van der Waals surface area (Å²) < 4.78 is 6.13. The van der Waals surface area contributed by atoms with E-state index in [1.807, 2.05) is 20.8 Å². The highest BCUT2D eigenvalue weighted by molar-refractivity contribution is 6.08. The van der Waals surface area contributed by atoms with E-state index in [0.717, 1.165) is 12.8 Å². The van der Waals surface area contributed by atoms with E-state index < -0.39 is 40.2 Å². The van der Waals surface area contributed by atoms with Crippen molar-refractivity contribution in [2.75, 3.05) is 11.9 Å². The molecule has 3 amide bonds. The maximum Gasteiger partial charge on any atom is 0.407 e. The third kappa shape index (κ3) is 5.87. The van der Waals surface area contributed by atoms with E-state index in [9.17, 15) is 29.6 Å². The fraction of sp³-hybridized carbons (Fsp3) is 0.444. The van der Waals surface area contributed by atoms with E-state index >= 15 is 0 Å². The van der Waals surface area contributed by atoms with Crippen molar-refractivity contribution in [1.29, 1.82) is 0 Å². The summed E-state index contributed by atoms with van der Waals surface area (Å²) >= 11 is 0. The molecule has 1 heterocycles. The number of nitro groups is 1. The largest absolute Gasteiger partial charge is 0.488 e. The third-order valence-electron chi connectivity index (χ3n) is 6.83. The summed E-state index contributed by atoms with van der Waals surface area (Å²) in [6.07, 6.45) is 0.793. The molecule has 1 aliphatic carbocycles. The fourth-order valence-corrected chi connectivity index (χ4v) is 4.82. The Labute approximate surface area is 220 Å². The second-order valence-corrected chi connectivity index (χ2v) is 10.9. The molecule has 2 fully saturated rings. The molecule has 4 rings (SSSR count). The number of carbonyl (C=O) groups excluding carboxylic acids is 2. The molecule has 11 heteroatoms. The van der Waals surface area contributed by atoms with Crippen LogP contribution in [0.5, 0.6) is 5.75 Å². The van der Waals surface area contributed by atoms with Crippen molar-refractivity contribution in [3.8, 4) is 5.75 Å². The number of hydrogen-bond donors (Lipinski definition) is 3. The maximum absolute atomic E-state index is 13.3. The summed E-state index contributed by atoms with van der Waals surface area (Å²) in [5, 5.41) is 26.9. The number of ether oxygens (including phenoxy) is 1. The van der Waals surface area contributed by atoms with Crippen LogP contribution in [0.15, 0.2) is 36.4 Å². The van der Waals surface area contributed by atoms with Gasteiger partial charge >= 0.3 is 6.09 Å². The number of nitrogens with one attached hydrogen (secondary N) is 2. The molecule has 202 valence electrons. The number of nitro benzene ring substituents is 1. The number of amides is 3. The van der Waals surface area contributed by atoms with Crippen molar-refractivity contribution < 1.29 is 29.2 Å². The summed E-state index contributed by atoms with van der Waals surface area (Å²) in [6.45, 7) is 7.82. The van der Waals surface area contributed by atoms with E-state index in [-0.39, 0.29) is 23.3 Å². The molecule has 1 aliphatic heterocycles. The van der Waals surface area contributed by atoms with Crippen LogP contribution in [-0.4, -0.2) is 57.6 Å². The van der Waals surface area contributed by atoms with Crippen LogP contribution in [0.2, 0.25) is 0 Å². The predicted octanol–water partition coefficient (Wildman–Crippen LogP) is 4.59. The number of benzene rings is 2. The van der Waals surface area contributed by atoms with Gasteiger partial charge in [0, 0.05) is 36.3 Å². The highest BCUT2D eigenvalue weighted by Crippen LogP contribution is 2.36. The number of carbonyl (C=O) groups is 3. The second-order valence-electron chi connectivity index (χ2n) is 10.9. The molecule has 2 aromatic rings. The molecule has 0 spiro atoms. The van der Waals surface area contributed by atoms with E-state index in [1.54, 1.807) is 25.1 Å². The Bertz CT molecular complexity index is 1280. The van der Waals surface area contributed by atoms with Crippen LogP contribution in [-0.2, 0) is 0 Å². The lowest BCUT2D eigenvalue weighted by atomic mass is 9.84. The molecule has 2 aliphatic rings. The molecule has 38 heavy (non-hydrogen) atoms. The number of likely N-dealkylation sites (tertiary alicyclic amines) is 1. The average Bonchev–Trinajstić information content (AvgIpc) is 3.54. The molecule has 1 unspecified atom stereocenters. The second kappa shape index (κ2) is 10.3. The first-order valence-corrected chi connectivity index (χ1v) is 12.5. The summed E-state index contributed by atoms with van der Waals surface area (Å²) in [5.41, 5.74) is 0.390. The van der Waals surface area contributed by atoms with Gasteiger partial charge < -0.3 is 25.4 Å². The van der Waals surface area contributed by atoms with Gasteiger partial charge in [-0.25, -0.2) is 4.79 Å². The van der Waals surface area contributed by atoms with Crippen LogP contribution in [0, 0.1) is 22.5 Å². The predicted molar refractivity (Wildman–Crippen MR) is 140 cm³/mol. The van der Waals surface area contributed by atoms with E-state index in [0.29, 0.717) is 29.8 Å². The van der Waals surface area contributed by atoms with Crippen molar-refractivity contribution >= 4 is 29.3 Å². The van der Waals surface area contributed by atoms with Crippen molar-refractivity contribution in [2.24, 2.45) is 5.41 Å². The highest BCUT2D eigenvalue weighted by Gasteiger charge is 2.45. The van der Waals surface area contributed by atoms with Crippen LogP contribution in [0.25, 0.3) is 0 Å². The molecule has 1 saturated heterocycles. The number of aryl methyl sites for hydroxylation is 1. The van der Waals surface area contributed by atoms with Crippen molar-refractivity contribution in [2.45, 2.75) is 65.1 Å². The van der Waals surface area contributed by atoms with E-state index in [4.69, 9.17) is 4.74 Å². The van der Waals surface area contributed by atoms with Gasteiger partial charge in [0.15, 0.2) is 0 Å². The summed E-state index contributed by atoms with van der Waals surface area (Å²) in [4.78, 5) is 49.9. The lowest BCUT2D eigenvalue weighted by Gasteiger charge is -2.36. The lowest BCUT2D eigenvalue weighted by Crippen LogP contribution is -2.48. The monoisotopic (exact) mass is 524 g/mol. The number of nitrogens with zero attached hydrogens (tertiary/aromatic N) is 2. The number of hydrogen-bond acceptors (Lipinski definition) is 6. The Morgan fingerprint density at radius 3 is 2.39 bits per heavy atom. The standard InChI is InChI=1S/C27H32N4O7/c1-15-5-6-16(24(32)28-17-7-8-17)13-20(15)29-25(33)19-14-18(9-10-21(19)31(36)37)38-22-11-12-30(26(34)35)23(22)27(2,3)4/h5-6,9-10,13-14,17,22-23H,7-8,11-12H2,1-4H3,(H,28,32)(H,29,33)(H,34,35)/t22-,23?/m0/s1. The van der Waals surface area contributed by atoms with Gasteiger partial charge in [-0.05, 0) is 55.0 Å². The fourth-order valence-electron chi connectivity index (χ4n) is 4.82. The van der Waals surface area contributed by atoms with E-state index in [1.165, 1.54) is 23.1 Å². The minimum Gasteiger partial charge on any atom is -0.488 e. The first-order valence-electron chi connectivity index (χ1n) is 12.5. The molecule has 0 bridgehead atoms. The summed E-state index contributed by atoms with van der Waals surface area (Å²) in [6, 6.07) is 8.55. The molecule has 0 radical (unpaired) electrons. The van der Waals surface area contributed by atoms with Gasteiger partial charge in [-0.3, -0.25) is 19.7 Å². The summed E-state index contributed by atoms with van der Waals surface area (Å²) in [5.74, 6) is -0.748. The molecule has 2 aromatic carbocycles. The zero-order valence-corrected chi connectivity index (χ0v) is 21.8. The normalized spacial score (nSPS) is 19.1.